The van der Waals surface area contributed by atoms with E-state index >= 15 is 0 Å². The Kier molecular flexibility index (Phi) is 3.24. The molecule has 1 aromatic rings. The van der Waals surface area contributed by atoms with Gasteiger partial charge in [-0.1, -0.05) is 12.1 Å². The molecule has 2 unspecified atom stereocenters. The van der Waals surface area contributed by atoms with Gasteiger partial charge in [-0.3, -0.25) is 15.0 Å². The van der Waals surface area contributed by atoms with E-state index in [-0.39, 0.29) is 22.7 Å². The van der Waals surface area contributed by atoms with Gasteiger partial charge in [0, 0.05) is 24.2 Å². The van der Waals surface area contributed by atoms with Crippen molar-refractivity contribution in [2.45, 2.75) is 43.8 Å². The fourth-order valence-corrected chi connectivity index (χ4v) is 3.13. The van der Waals surface area contributed by atoms with Crippen LogP contribution in [0.4, 0.5) is 5.69 Å². The first-order chi connectivity index (χ1) is 9.16. The summed E-state index contributed by atoms with van der Waals surface area (Å²) in [5.41, 5.74) is 7.43. The summed E-state index contributed by atoms with van der Waals surface area (Å²) in [6.07, 6.45) is 4.59. The van der Waals surface area contributed by atoms with Crippen LogP contribution in [0.5, 0.6) is 0 Å². The molecule has 1 saturated carbocycles. The maximum Gasteiger partial charge on any atom is 0.269 e. The first-order valence-electron chi connectivity index (χ1n) is 6.92. The average Bonchev–Trinajstić information content (AvgIpc) is 3.22. The van der Waals surface area contributed by atoms with E-state index in [1.165, 1.54) is 12.8 Å². The molecule has 5 nitrogen and oxygen atoms in total. The third-order valence-electron chi connectivity index (χ3n) is 4.16. The molecule has 102 valence electrons. The maximum absolute atomic E-state index is 10.9. The van der Waals surface area contributed by atoms with E-state index in [0.717, 1.165) is 24.9 Å². The number of non-ortho nitro benzene ring substituents is 1. The van der Waals surface area contributed by atoms with Crippen molar-refractivity contribution >= 4 is 5.69 Å². The van der Waals surface area contributed by atoms with Gasteiger partial charge in [0.15, 0.2) is 0 Å². The highest BCUT2D eigenvalue weighted by molar-refractivity contribution is 5.36. The minimum atomic E-state index is -0.334. The second-order valence-corrected chi connectivity index (χ2v) is 5.57. The second kappa shape index (κ2) is 4.90. The first kappa shape index (κ1) is 12.6. The number of nitro benzene ring substituents is 1. The van der Waals surface area contributed by atoms with Crippen molar-refractivity contribution in [1.82, 2.24) is 4.90 Å². The molecule has 0 radical (unpaired) electrons. The van der Waals surface area contributed by atoms with Crippen molar-refractivity contribution in [3.8, 4) is 0 Å². The van der Waals surface area contributed by atoms with Gasteiger partial charge in [0.2, 0.25) is 0 Å². The van der Waals surface area contributed by atoms with E-state index in [9.17, 15) is 10.1 Å². The van der Waals surface area contributed by atoms with Gasteiger partial charge < -0.3 is 5.73 Å². The van der Waals surface area contributed by atoms with Crippen LogP contribution < -0.4 is 5.73 Å². The van der Waals surface area contributed by atoms with Crippen LogP contribution in [0.25, 0.3) is 0 Å². The van der Waals surface area contributed by atoms with Gasteiger partial charge in [0.25, 0.3) is 5.69 Å². The lowest BCUT2D eigenvalue weighted by molar-refractivity contribution is -0.385. The molecule has 2 N–H and O–H groups in total. The molecule has 1 saturated heterocycles. The molecular formula is C14H19N3O2. The van der Waals surface area contributed by atoms with E-state index < -0.39 is 0 Å². The molecule has 5 heteroatoms. The summed E-state index contributed by atoms with van der Waals surface area (Å²) in [6.45, 7) is 1.06. The molecular weight excluding hydrogens is 242 g/mol. The number of benzene rings is 1. The van der Waals surface area contributed by atoms with Gasteiger partial charge in [-0.2, -0.15) is 0 Å². The quantitative estimate of drug-likeness (QED) is 0.669. The van der Waals surface area contributed by atoms with E-state index in [1.54, 1.807) is 18.2 Å². The first-order valence-corrected chi connectivity index (χ1v) is 6.92. The largest absolute Gasteiger partial charge is 0.326 e. The molecule has 2 aliphatic rings. The molecule has 19 heavy (non-hydrogen) atoms. The normalized spacial score (nSPS) is 28.3. The standard InChI is InChI=1S/C14H19N3O2/c15-13-5-2-8-16(11-6-7-11)14(13)10-3-1-4-12(9-10)17(18)19/h1,3-4,9,11,13-14H,2,5-8,15H2. The van der Waals surface area contributed by atoms with Gasteiger partial charge in [0.1, 0.15) is 0 Å². The molecule has 2 fully saturated rings. The van der Waals surface area contributed by atoms with Crippen LogP contribution >= 0.6 is 0 Å². The number of nitro groups is 1. The minimum Gasteiger partial charge on any atom is -0.326 e. The second-order valence-electron chi connectivity index (χ2n) is 5.57. The van der Waals surface area contributed by atoms with E-state index in [2.05, 4.69) is 4.90 Å². The zero-order valence-electron chi connectivity index (χ0n) is 10.9. The van der Waals surface area contributed by atoms with Crippen LogP contribution in [0.1, 0.15) is 37.3 Å². The van der Waals surface area contributed by atoms with Crippen molar-refractivity contribution in [3.05, 3.63) is 39.9 Å². The summed E-state index contributed by atoms with van der Waals surface area (Å²) in [5, 5.41) is 10.9. The molecule has 3 rings (SSSR count). The summed E-state index contributed by atoms with van der Waals surface area (Å²) in [4.78, 5) is 13.0. The lowest BCUT2D eigenvalue weighted by Crippen LogP contribution is -2.46. The Morgan fingerprint density at radius 1 is 1.32 bits per heavy atom. The Bertz CT molecular complexity index is 487. The molecule has 1 heterocycles. The molecule has 0 bridgehead atoms. The van der Waals surface area contributed by atoms with Crippen molar-refractivity contribution in [2.24, 2.45) is 5.73 Å². The van der Waals surface area contributed by atoms with E-state index in [4.69, 9.17) is 5.73 Å². The van der Waals surface area contributed by atoms with Crippen LogP contribution in [-0.4, -0.2) is 28.5 Å². The van der Waals surface area contributed by atoms with Gasteiger partial charge in [-0.25, -0.2) is 0 Å². The molecule has 0 amide bonds. The Morgan fingerprint density at radius 2 is 2.11 bits per heavy atom. The highest BCUT2D eigenvalue weighted by Crippen LogP contribution is 2.39. The van der Waals surface area contributed by atoms with Crippen LogP contribution in [0.2, 0.25) is 0 Å². The fourth-order valence-electron chi connectivity index (χ4n) is 3.13. The Labute approximate surface area is 112 Å². The van der Waals surface area contributed by atoms with Gasteiger partial charge in [0.05, 0.1) is 11.0 Å². The van der Waals surface area contributed by atoms with Gasteiger partial charge in [-0.15, -0.1) is 0 Å². The summed E-state index contributed by atoms with van der Waals surface area (Å²) >= 11 is 0. The molecule has 1 aliphatic carbocycles. The topological polar surface area (TPSA) is 72.4 Å². The van der Waals surface area contributed by atoms with Crippen molar-refractivity contribution < 1.29 is 4.92 Å². The van der Waals surface area contributed by atoms with E-state index in [0.29, 0.717) is 6.04 Å². The van der Waals surface area contributed by atoms with E-state index in [1.807, 2.05) is 6.07 Å². The van der Waals surface area contributed by atoms with Crippen molar-refractivity contribution in [3.63, 3.8) is 0 Å². The minimum absolute atomic E-state index is 0.0800. The summed E-state index contributed by atoms with van der Waals surface area (Å²) in [5.74, 6) is 0. The predicted octanol–water partition coefficient (Wildman–Crippen LogP) is 2.22. The van der Waals surface area contributed by atoms with Gasteiger partial charge in [-0.05, 0) is 37.8 Å². The number of nitrogens with zero attached hydrogens (tertiary/aromatic N) is 2. The van der Waals surface area contributed by atoms with Crippen molar-refractivity contribution in [2.75, 3.05) is 6.54 Å². The molecule has 0 aromatic heterocycles. The van der Waals surface area contributed by atoms with Crippen LogP contribution in [0.15, 0.2) is 24.3 Å². The molecule has 1 aromatic carbocycles. The third-order valence-corrected chi connectivity index (χ3v) is 4.16. The molecule has 1 aliphatic heterocycles. The van der Waals surface area contributed by atoms with Crippen LogP contribution in [-0.2, 0) is 0 Å². The summed E-state index contributed by atoms with van der Waals surface area (Å²) in [7, 11) is 0. The summed E-state index contributed by atoms with van der Waals surface area (Å²) in [6, 6.07) is 7.82. The number of hydrogen-bond donors (Lipinski definition) is 1. The maximum atomic E-state index is 10.9. The SMILES string of the molecule is NC1CCCN(C2CC2)C1c1cccc([N+](=O)[O-])c1. The lowest BCUT2D eigenvalue weighted by atomic mass is 9.90. The number of piperidine rings is 1. The zero-order chi connectivity index (χ0) is 13.4. The lowest BCUT2D eigenvalue weighted by Gasteiger charge is -2.40. The third kappa shape index (κ3) is 2.48. The van der Waals surface area contributed by atoms with Crippen molar-refractivity contribution in [1.29, 1.82) is 0 Å². The van der Waals surface area contributed by atoms with Gasteiger partial charge >= 0.3 is 0 Å². The Hall–Kier alpha value is -1.46. The molecule has 2 atom stereocenters. The Morgan fingerprint density at radius 3 is 2.79 bits per heavy atom. The zero-order valence-corrected chi connectivity index (χ0v) is 10.9. The number of nitrogens with two attached hydrogens (primary N) is 1. The summed E-state index contributed by atoms with van der Waals surface area (Å²) < 4.78 is 0. The number of hydrogen-bond acceptors (Lipinski definition) is 4. The average molecular weight is 261 g/mol. The smallest absolute Gasteiger partial charge is 0.269 e. The highest BCUT2D eigenvalue weighted by Gasteiger charge is 2.39. The molecule has 0 spiro atoms. The predicted molar refractivity (Wildman–Crippen MR) is 72.8 cm³/mol. The number of likely N-dealkylation sites (tertiary alicyclic amines) is 1. The Balaban J connectivity index is 1.92. The van der Waals surface area contributed by atoms with Crippen LogP contribution in [0.3, 0.4) is 0 Å². The monoisotopic (exact) mass is 261 g/mol. The number of rotatable bonds is 3. The highest BCUT2D eigenvalue weighted by atomic mass is 16.6. The fraction of sp³-hybridized carbons (Fsp3) is 0.571. The van der Waals surface area contributed by atoms with Crippen LogP contribution in [0, 0.1) is 10.1 Å².